The van der Waals surface area contributed by atoms with Crippen molar-refractivity contribution in [2.75, 3.05) is 24.5 Å². The molecule has 2 fully saturated rings. The highest BCUT2D eigenvalue weighted by Crippen LogP contribution is 2.28. The van der Waals surface area contributed by atoms with Crippen LogP contribution in [0.15, 0.2) is 42.7 Å². The van der Waals surface area contributed by atoms with Gasteiger partial charge in [-0.25, -0.2) is 9.97 Å². The van der Waals surface area contributed by atoms with Gasteiger partial charge in [-0.3, -0.25) is 9.59 Å². The summed E-state index contributed by atoms with van der Waals surface area (Å²) in [6.07, 6.45) is 4.99. The Morgan fingerprint density at radius 3 is 2.46 bits per heavy atom. The molecule has 0 saturated carbocycles. The molecule has 0 bridgehead atoms. The van der Waals surface area contributed by atoms with Gasteiger partial charge in [-0.15, -0.1) is 0 Å². The van der Waals surface area contributed by atoms with Gasteiger partial charge < -0.3 is 14.5 Å². The van der Waals surface area contributed by atoms with Crippen molar-refractivity contribution in [2.24, 2.45) is 5.92 Å². The number of likely N-dealkylation sites (tertiary alicyclic amines) is 1. The number of rotatable bonds is 4. The molecular formula is C20H21ClN4O3. The number of aromatic nitrogens is 2. The van der Waals surface area contributed by atoms with Crippen molar-refractivity contribution in [1.82, 2.24) is 14.9 Å². The van der Waals surface area contributed by atoms with Gasteiger partial charge in [0.1, 0.15) is 6.10 Å². The summed E-state index contributed by atoms with van der Waals surface area (Å²) < 4.78 is 5.78. The van der Waals surface area contributed by atoms with Crippen LogP contribution in [-0.4, -0.2) is 52.4 Å². The number of halogens is 1. The molecule has 1 unspecified atom stereocenters. The highest BCUT2D eigenvalue weighted by Gasteiger charge is 2.38. The zero-order valence-corrected chi connectivity index (χ0v) is 16.1. The first-order valence-electron chi connectivity index (χ1n) is 9.38. The summed E-state index contributed by atoms with van der Waals surface area (Å²) in [7, 11) is 0. The van der Waals surface area contributed by atoms with E-state index in [0.29, 0.717) is 30.7 Å². The number of nitrogens with zero attached hydrogens (tertiary/aromatic N) is 4. The van der Waals surface area contributed by atoms with Gasteiger partial charge in [0.25, 0.3) is 0 Å². The Labute approximate surface area is 168 Å². The van der Waals surface area contributed by atoms with Gasteiger partial charge in [0, 0.05) is 62.0 Å². The summed E-state index contributed by atoms with van der Waals surface area (Å²) >= 11 is 5.92. The van der Waals surface area contributed by atoms with Crippen LogP contribution in [0, 0.1) is 5.92 Å². The molecule has 1 aromatic carbocycles. The first-order valence-corrected chi connectivity index (χ1v) is 9.76. The van der Waals surface area contributed by atoms with E-state index in [1.54, 1.807) is 35.5 Å². The van der Waals surface area contributed by atoms with Crippen LogP contribution in [-0.2, 0) is 9.59 Å². The lowest BCUT2D eigenvalue weighted by atomic mass is 10.0. The number of carbonyl (C=O) groups excluding carboxylic acids is 2. The third-order valence-corrected chi connectivity index (χ3v) is 5.43. The number of ether oxygens (including phenoxy) is 1. The minimum atomic E-state index is -0.307. The summed E-state index contributed by atoms with van der Waals surface area (Å²) in [5, 5.41) is 0.619. The second kappa shape index (κ2) is 8.14. The normalized spacial score (nSPS) is 20.5. The molecule has 2 aliphatic rings. The van der Waals surface area contributed by atoms with Crippen molar-refractivity contribution >= 4 is 29.1 Å². The third kappa shape index (κ3) is 4.09. The Balaban J connectivity index is 1.32. The molecule has 7 nitrogen and oxygen atoms in total. The molecular weight excluding hydrogens is 380 g/mol. The Bertz CT molecular complexity index is 838. The molecule has 0 radical (unpaired) electrons. The van der Waals surface area contributed by atoms with E-state index in [1.165, 1.54) is 0 Å². The van der Waals surface area contributed by atoms with Crippen molar-refractivity contribution in [3.8, 4) is 6.01 Å². The quantitative estimate of drug-likeness (QED) is 0.788. The lowest BCUT2D eigenvalue weighted by Gasteiger charge is -2.33. The molecule has 2 saturated heterocycles. The average molecular weight is 401 g/mol. The van der Waals surface area contributed by atoms with E-state index in [1.807, 2.05) is 17.0 Å². The molecule has 1 atom stereocenters. The number of hydrogen-bond donors (Lipinski definition) is 0. The first kappa shape index (κ1) is 18.7. The standard InChI is InChI=1S/C20H21ClN4O3/c21-15-2-4-16(5-3-15)25-13-14(12-18(25)26)19(27)24-10-6-17(7-11-24)28-20-22-8-1-9-23-20/h1-5,8-9,14,17H,6-7,10-13H2. The fraction of sp³-hybridized carbons (Fsp3) is 0.400. The maximum absolute atomic E-state index is 12.9. The average Bonchev–Trinajstić information content (AvgIpc) is 3.11. The van der Waals surface area contributed by atoms with Crippen LogP contribution in [0.2, 0.25) is 5.02 Å². The fourth-order valence-electron chi connectivity index (χ4n) is 3.69. The number of piperidine rings is 1. The van der Waals surface area contributed by atoms with Crippen LogP contribution in [0.3, 0.4) is 0 Å². The van der Waals surface area contributed by atoms with E-state index in [9.17, 15) is 9.59 Å². The largest absolute Gasteiger partial charge is 0.460 e. The molecule has 2 amide bonds. The lowest BCUT2D eigenvalue weighted by Crippen LogP contribution is -2.45. The maximum Gasteiger partial charge on any atom is 0.316 e. The van der Waals surface area contributed by atoms with E-state index in [0.717, 1.165) is 18.5 Å². The molecule has 28 heavy (non-hydrogen) atoms. The molecule has 8 heteroatoms. The van der Waals surface area contributed by atoms with Crippen molar-refractivity contribution in [3.63, 3.8) is 0 Å². The van der Waals surface area contributed by atoms with Crippen LogP contribution in [0.4, 0.5) is 5.69 Å². The Morgan fingerprint density at radius 1 is 1.11 bits per heavy atom. The molecule has 0 spiro atoms. The van der Waals surface area contributed by atoms with Crippen molar-refractivity contribution < 1.29 is 14.3 Å². The monoisotopic (exact) mass is 400 g/mol. The zero-order chi connectivity index (χ0) is 19.5. The van der Waals surface area contributed by atoms with E-state index < -0.39 is 0 Å². The van der Waals surface area contributed by atoms with Gasteiger partial charge in [0.05, 0.1) is 5.92 Å². The number of benzene rings is 1. The fourth-order valence-corrected chi connectivity index (χ4v) is 3.82. The highest BCUT2D eigenvalue weighted by atomic mass is 35.5. The molecule has 3 heterocycles. The number of hydrogen-bond acceptors (Lipinski definition) is 5. The Kier molecular flexibility index (Phi) is 5.43. The molecule has 0 N–H and O–H groups in total. The second-order valence-corrected chi connectivity index (χ2v) is 7.49. The minimum Gasteiger partial charge on any atom is -0.460 e. The van der Waals surface area contributed by atoms with E-state index in [-0.39, 0.29) is 30.3 Å². The molecule has 2 aromatic rings. The van der Waals surface area contributed by atoms with Gasteiger partial charge in [-0.05, 0) is 30.3 Å². The van der Waals surface area contributed by atoms with Crippen LogP contribution >= 0.6 is 11.6 Å². The number of amides is 2. The molecule has 4 rings (SSSR count). The molecule has 2 aliphatic heterocycles. The predicted octanol–water partition coefficient (Wildman–Crippen LogP) is 2.55. The summed E-state index contributed by atoms with van der Waals surface area (Å²) in [4.78, 5) is 37.0. The smallest absolute Gasteiger partial charge is 0.316 e. The van der Waals surface area contributed by atoms with Crippen molar-refractivity contribution in [2.45, 2.75) is 25.4 Å². The number of anilines is 1. The van der Waals surface area contributed by atoms with Crippen LogP contribution in [0.1, 0.15) is 19.3 Å². The minimum absolute atomic E-state index is 0.00206. The maximum atomic E-state index is 12.9. The zero-order valence-electron chi connectivity index (χ0n) is 15.3. The Morgan fingerprint density at radius 2 is 1.79 bits per heavy atom. The molecule has 1 aromatic heterocycles. The summed E-state index contributed by atoms with van der Waals surface area (Å²) in [5.74, 6) is -0.294. The van der Waals surface area contributed by atoms with Gasteiger partial charge in [-0.2, -0.15) is 0 Å². The molecule has 0 aliphatic carbocycles. The first-order chi connectivity index (χ1) is 13.6. The van der Waals surface area contributed by atoms with Crippen LogP contribution in [0.5, 0.6) is 6.01 Å². The van der Waals surface area contributed by atoms with Crippen LogP contribution in [0.25, 0.3) is 0 Å². The predicted molar refractivity (Wildman–Crippen MR) is 104 cm³/mol. The number of carbonyl (C=O) groups is 2. The van der Waals surface area contributed by atoms with Gasteiger partial charge in [-0.1, -0.05) is 11.6 Å². The van der Waals surface area contributed by atoms with E-state index in [4.69, 9.17) is 16.3 Å². The highest BCUT2D eigenvalue weighted by molar-refractivity contribution is 6.30. The van der Waals surface area contributed by atoms with Gasteiger partial charge >= 0.3 is 6.01 Å². The third-order valence-electron chi connectivity index (χ3n) is 5.18. The lowest BCUT2D eigenvalue weighted by molar-refractivity contribution is -0.137. The van der Waals surface area contributed by atoms with Crippen LogP contribution < -0.4 is 9.64 Å². The van der Waals surface area contributed by atoms with E-state index in [2.05, 4.69) is 9.97 Å². The van der Waals surface area contributed by atoms with Gasteiger partial charge in [0.15, 0.2) is 0 Å². The summed E-state index contributed by atoms with van der Waals surface area (Å²) in [5.41, 5.74) is 0.777. The Hall–Kier alpha value is -2.67. The van der Waals surface area contributed by atoms with Crippen molar-refractivity contribution in [1.29, 1.82) is 0 Å². The van der Waals surface area contributed by atoms with Crippen molar-refractivity contribution in [3.05, 3.63) is 47.7 Å². The summed E-state index contributed by atoms with van der Waals surface area (Å²) in [6, 6.07) is 9.22. The molecule has 146 valence electrons. The summed E-state index contributed by atoms with van der Waals surface area (Å²) in [6.45, 7) is 1.64. The SMILES string of the molecule is O=C(C1CC(=O)N(c2ccc(Cl)cc2)C1)N1CCC(Oc2ncccn2)CC1. The topological polar surface area (TPSA) is 75.6 Å². The second-order valence-electron chi connectivity index (χ2n) is 7.06. The van der Waals surface area contributed by atoms with Gasteiger partial charge in [0.2, 0.25) is 11.8 Å². The van der Waals surface area contributed by atoms with E-state index >= 15 is 0 Å².